The number of hydrazine groups is 1. The van der Waals surface area contributed by atoms with Gasteiger partial charge >= 0.3 is 6.01 Å². The van der Waals surface area contributed by atoms with E-state index in [9.17, 15) is 0 Å². The van der Waals surface area contributed by atoms with Gasteiger partial charge in [-0.2, -0.15) is 0 Å². The first-order chi connectivity index (χ1) is 9.15. The van der Waals surface area contributed by atoms with Gasteiger partial charge in [-0.1, -0.05) is 23.2 Å². The van der Waals surface area contributed by atoms with Crippen molar-refractivity contribution in [3.05, 3.63) is 46.0 Å². The van der Waals surface area contributed by atoms with Crippen molar-refractivity contribution >= 4 is 23.2 Å². The van der Waals surface area contributed by atoms with Crippen LogP contribution in [-0.2, 0) is 0 Å². The topological polar surface area (TPSA) is 86.0 Å². The average molecular weight is 300 g/mol. The minimum absolute atomic E-state index is 0.273. The summed E-state index contributed by atoms with van der Waals surface area (Å²) in [5.74, 6) is 5.55. The van der Waals surface area contributed by atoms with Crippen LogP contribution in [-0.4, -0.2) is 22.1 Å². The van der Waals surface area contributed by atoms with Gasteiger partial charge in [0, 0.05) is 24.2 Å². The van der Waals surface area contributed by atoms with Crippen LogP contribution >= 0.6 is 23.2 Å². The Morgan fingerprint density at radius 2 is 1.89 bits per heavy atom. The van der Waals surface area contributed by atoms with Crippen LogP contribution in [0.1, 0.15) is 17.3 Å². The molecule has 0 fully saturated rings. The largest absolute Gasteiger partial charge is 0.467 e. The van der Waals surface area contributed by atoms with E-state index >= 15 is 0 Å². The van der Waals surface area contributed by atoms with Gasteiger partial charge in [-0.25, -0.2) is 15.4 Å². The van der Waals surface area contributed by atoms with Crippen molar-refractivity contribution in [3.8, 4) is 6.01 Å². The second-order valence-corrected chi connectivity index (χ2v) is 4.47. The van der Waals surface area contributed by atoms with Gasteiger partial charge < -0.3 is 4.74 Å². The molecule has 0 spiro atoms. The van der Waals surface area contributed by atoms with E-state index in [4.69, 9.17) is 33.8 Å². The van der Waals surface area contributed by atoms with E-state index in [0.29, 0.717) is 21.3 Å². The van der Waals surface area contributed by atoms with Crippen molar-refractivity contribution in [1.82, 2.24) is 20.4 Å². The Hall–Kier alpha value is -1.47. The lowest BCUT2D eigenvalue weighted by Gasteiger charge is -2.16. The first-order valence-electron chi connectivity index (χ1n) is 5.28. The molecule has 100 valence electrons. The van der Waals surface area contributed by atoms with Crippen molar-refractivity contribution in [2.45, 2.75) is 6.04 Å². The number of rotatable bonds is 4. The number of nitrogens with zero attached hydrogens (tertiary/aromatic N) is 3. The summed E-state index contributed by atoms with van der Waals surface area (Å²) in [6, 6.07) is 1.44. The zero-order valence-electron chi connectivity index (χ0n) is 9.97. The van der Waals surface area contributed by atoms with Crippen LogP contribution in [0.5, 0.6) is 6.01 Å². The molecule has 0 saturated heterocycles. The van der Waals surface area contributed by atoms with E-state index < -0.39 is 6.04 Å². The van der Waals surface area contributed by atoms with Crippen LogP contribution in [0.2, 0.25) is 10.0 Å². The molecule has 0 radical (unpaired) electrons. The Balaban J connectivity index is 2.37. The maximum Gasteiger partial charge on any atom is 0.316 e. The molecule has 0 saturated carbocycles. The monoisotopic (exact) mass is 299 g/mol. The van der Waals surface area contributed by atoms with E-state index in [2.05, 4.69) is 20.4 Å². The minimum atomic E-state index is -0.435. The van der Waals surface area contributed by atoms with Gasteiger partial charge in [-0.15, -0.1) is 0 Å². The molecule has 3 N–H and O–H groups in total. The van der Waals surface area contributed by atoms with Crippen molar-refractivity contribution < 1.29 is 4.74 Å². The summed E-state index contributed by atoms with van der Waals surface area (Å²) in [5, 5.41) is 0.863. The number of hydrogen-bond donors (Lipinski definition) is 2. The van der Waals surface area contributed by atoms with Crippen molar-refractivity contribution in [2.75, 3.05) is 7.11 Å². The highest BCUT2D eigenvalue weighted by molar-refractivity contribution is 6.34. The molecule has 2 rings (SSSR count). The van der Waals surface area contributed by atoms with E-state index in [1.165, 1.54) is 13.3 Å². The summed E-state index contributed by atoms with van der Waals surface area (Å²) in [7, 11) is 1.49. The lowest BCUT2D eigenvalue weighted by atomic mass is 10.1. The molecule has 0 bridgehead atoms. The molecule has 2 aromatic rings. The second-order valence-electron chi connectivity index (χ2n) is 3.62. The zero-order chi connectivity index (χ0) is 13.8. The van der Waals surface area contributed by atoms with Gasteiger partial charge in [-0.05, 0) is 6.07 Å². The third kappa shape index (κ3) is 3.10. The van der Waals surface area contributed by atoms with E-state index in [1.807, 2.05) is 0 Å². The van der Waals surface area contributed by atoms with Crippen LogP contribution in [0.15, 0.2) is 24.7 Å². The minimum Gasteiger partial charge on any atom is -0.467 e. The Morgan fingerprint density at radius 1 is 1.21 bits per heavy atom. The number of hydrogen-bond acceptors (Lipinski definition) is 6. The number of nitrogens with one attached hydrogen (secondary N) is 1. The maximum absolute atomic E-state index is 6.10. The fourth-order valence-corrected chi connectivity index (χ4v) is 2.04. The molecule has 0 aliphatic rings. The molecule has 1 unspecified atom stereocenters. The highest BCUT2D eigenvalue weighted by atomic mass is 35.5. The zero-order valence-corrected chi connectivity index (χ0v) is 11.5. The highest BCUT2D eigenvalue weighted by Gasteiger charge is 2.18. The summed E-state index contributed by atoms with van der Waals surface area (Å²) < 4.78 is 4.89. The van der Waals surface area contributed by atoms with E-state index in [0.717, 1.165) is 0 Å². The van der Waals surface area contributed by atoms with E-state index in [-0.39, 0.29) is 6.01 Å². The number of halogens is 2. The fourth-order valence-electron chi connectivity index (χ4n) is 1.55. The molecular weight excluding hydrogens is 289 g/mol. The molecule has 19 heavy (non-hydrogen) atoms. The summed E-state index contributed by atoms with van der Waals surface area (Å²) in [6.07, 6.45) is 4.67. The molecule has 8 heteroatoms. The third-order valence-corrected chi connectivity index (χ3v) is 2.95. The fraction of sp³-hybridized carbons (Fsp3) is 0.182. The van der Waals surface area contributed by atoms with Crippen LogP contribution in [0, 0.1) is 0 Å². The Bertz CT molecular complexity index is 564. The van der Waals surface area contributed by atoms with Crippen molar-refractivity contribution in [3.63, 3.8) is 0 Å². The number of methoxy groups -OCH3 is 1. The van der Waals surface area contributed by atoms with Crippen LogP contribution in [0.4, 0.5) is 0 Å². The first-order valence-corrected chi connectivity index (χ1v) is 6.04. The standard InChI is InChI=1S/C11H11Cl2N5O/c1-19-11-16-3-6(4-17-11)9(18-14)10-8(13)2-7(12)5-15-10/h2-5,9,18H,14H2,1H3. The maximum atomic E-state index is 6.10. The summed E-state index contributed by atoms with van der Waals surface area (Å²) in [5.41, 5.74) is 3.87. The molecule has 0 amide bonds. The predicted octanol–water partition coefficient (Wildman–Crippen LogP) is 1.74. The lowest BCUT2D eigenvalue weighted by molar-refractivity contribution is 0.378. The lowest BCUT2D eigenvalue weighted by Crippen LogP contribution is -2.30. The van der Waals surface area contributed by atoms with Gasteiger partial charge in [0.05, 0.1) is 28.9 Å². The predicted molar refractivity (Wildman–Crippen MR) is 72.0 cm³/mol. The molecule has 2 aromatic heterocycles. The summed E-state index contributed by atoms with van der Waals surface area (Å²) in [6.45, 7) is 0. The van der Waals surface area contributed by atoms with Crippen molar-refractivity contribution in [1.29, 1.82) is 0 Å². The molecule has 0 aliphatic carbocycles. The number of nitrogens with two attached hydrogens (primary N) is 1. The quantitative estimate of drug-likeness (QED) is 0.661. The van der Waals surface area contributed by atoms with Gasteiger partial charge in [0.15, 0.2) is 0 Å². The second kappa shape index (κ2) is 6.12. The summed E-state index contributed by atoms with van der Waals surface area (Å²) in [4.78, 5) is 12.2. The van der Waals surface area contributed by atoms with Gasteiger partial charge in [0.1, 0.15) is 0 Å². The number of ether oxygens (including phenoxy) is 1. The Morgan fingerprint density at radius 3 is 2.42 bits per heavy atom. The molecule has 6 nitrogen and oxygen atoms in total. The summed E-state index contributed by atoms with van der Waals surface area (Å²) >= 11 is 11.9. The Labute approximate surface area is 119 Å². The first kappa shape index (κ1) is 14.0. The van der Waals surface area contributed by atoms with Crippen molar-refractivity contribution in [2.24, 2.45) is 5.84 Å². The number of aromatic nitrogens is 3. The van der Waals surface area contributed by atoms with Crippen LogP contribution in [0.3, 0.4) is 0 Å². The highest BCUT2D eigenvalue weighted by Crippen LogP contribution is 2.27. The number of pyridine rings is 1. The van der Waals surface area contributed by atoms with Gasteiger partial charge in [0.2, 0.25) is 0 Å². The Kier molecular flexibility index (Phi) is 4.49. The molecule has 2 heterocycles. The van der Waals surface area contributed by atoms with Crippen LogP contribution < -0.4 is 16.0 Å². The normalized spacial score (nSPS) is 12.2. The van der Waals surface area contributed by atoms with Gasteiger partial charge in [-0.3, -0.25) is 10.8 Å². The smallest absolute Gasteiger partial charge is 0.316 e. The SMILES string of the molecule is COc1ncc(C(NN)c2ncc(Cl)cc2Cl)cn1. The molecular formula is C11H11Cl2N5O. The van der Waals surface area contributed by atoms with Crippen LogP contribution in [0.25, 0.3) is 0 Å². The molecule has 1 atom stereocenters. The van der Waals surface area contributed by atoms with E-state index in [1.54, 1.807) is 18.5 Å². The average Bonchev–Trinajstić information content (AvgIpc) is 2.42. The third-order valence-electron chi connectivity index (χ3n) is 2.44. The molecule has 0 aromatic carbocycles. The molecule has 0 aliphatic heterocycles. The van der Waals surface area contributed by atoms with Gasteiger partial charge in [0.25, 0.3) is 0 Å².